The van der Waals surface area contributed by atoms with Crippen LogP contribution in [0.15, 0.2) is 24.3 Å². The Kier molecular flexibility index (Phi) is 6.56. The summed E-state index contributed by atoms with van der Waals surface area (Å²) < 4.78 is 0. The molecular weight excluding hydrogens is 232 g/mol. The zero-order valence-electron chi connectivity index (χ0n) is 11.0. The lowest BCUT2D eigenvalue weighted by atomic mass is 10.1. The molecule has 1 unspecified atom stereocenters. The van der Waals surface area contributed by atoms with Crippen molar-refractivity contribution in [3.05, 3.63) is 34.9 Å². The molecule has 96 valence electrons. The first kappa shape index (κ1) is 14.5. The van der Waals surface area contributed by atoms with E-state index in [0.717, 1.165) is 31.2 Å². The maximum absolute atomic E-state index is 6.16. The third-order valence-electron chi connectivity index (χ3n) is 3.14. The van der Waals surface area contributed by atoms with Crippen molar-refractivity contribution in [1.82, 2.24) is 10.2 Å². The summed E-state index contributed by atoms with van der Waals surface area (Å²) >= 11 is 6.16. The van der Waals surface area contributed by atoms with Gasteiger partial charge in [-0.3, -0.25) is 0 Å². The van der Waals surface area contributed by atoms with Crippen LogP contribution in [0.4, 0.5) is 0 Å². The summed E-state index contributed by atoms with van der Waals surface area (Å²) in [4.78, 5) is 2.41. The van der Waals surface area contributed by atoms with Gasteiger partial charge in [-0.1, -0.05) is 43.6 Å². The normalized spacial score (nSPS) is 13.0. The summed E-state index contributed by atoms with van der Waals surface area (Å²) in [6.07, 6.45) is 0. The van der Waals surface area contributed by atoms with E-state index in [1.54, 1.807) is 0 Å². The number of nitrogens with zero attached hydrogens (tertiary/aromatic N) is 1. The summed E-state index contributed by atoms with van der Waals surface area (Å²) in [6, 6.07) is 8.33. The predicted octanol–water partition coefficient (Wildman–Crippen LogP) is 3.33. The lowest BCUT2D eigenvalue weighted by Gasteiger charge is -2.21. The molecule has 0 radical (unpaired) electrons. The average Bonchev–Trinajstić information content (AvgIpc) is 2.35. The van der Waals surface area contributed by atoms with Gasteiger partial charge in [0.25, 0.3) is 0 Å². The second-order valence-electron chi connectivity index (χ2n) is 4.22. The Morgan fingerprint density at radius 3 is 2.47 bits per heavy atom. The molecule has 2 nitrogen and oxygen atoms in total. The SMILES string of the molecule is CCN(CC)CCNC(C)c1ccccc1Cl. The first-order chi connectivity index (χ1) is 8.19. The van der Waals surface area contributed by atoms with Crippen molar-refractivity contribution in [1.29, 1.82) is 0 Å². The van der Waals surface area contributed by atoms with Crippen molar-refractivity contribution in [3.63, 3.8) is 0 Å². The smallest absolute Gasteiger partial charge is 0.0453 e. The predicted molar refractivity (Wildman–Crippen MR) is 75.7 cm³/mol. The lowest BCUT2D eigenvalue weighted by molar-refractivity contribution is 0.298. The molecule has 17 heavy (non-hydrogen) atoms. The van der Waals surface area contributed by atoms with Crippen LogP contribution in [0.3, 0.4) is 0 Å². The van der Waals surface area contributed by atoms with Gasteiger partial charge in [0.15, 0.2) is 0 Å². The van der Waals surface area contributed by atoms with Gasteiger partial charge in [0.2, 0.25) is 0 Å². The second kappa shape index (κ2) is 7.70. The van der Waals surface area contributed by atoms with Crippen LogP contribution in [0.25, 0.3) is 0 Å². The maximum atomic E-state index is 6.16. The van der Waals surface area contributed by atoms with E-state index in [9.17, 15) is 0 Å². The molecule has 0 aliphatic heterocycles. The average molecular weight is 255 g/mol. The highest BCUT2D eigenvalue weighted by atomic mass is 35.5. The summed E-state index contributed by atoms with van der Waals surface area (Å²) in [5.74, 6) is 0. The van der Waals surface area contributed by atoms with Crippen LogP contribution in [0.5, 0.6) is 0 Å². The molecule has 1 aromatic rings. The number of hydrogen-bond donors (Lipinski definition) is 1. The molecule has 1 atom stereocenters. The van der Waals surface area contributed by atoms with Gasteiger partial charge in [0, 0.05) is 24.2 Å². The van der Waals surface area contributed by atoms with Gasteiger partial charge < -0.3 is 10.2 Å². The van der Waals surface area contributed by atoms with E-state index >= 15 is 0 Å². The molecule has 0 aromatic heterocycles. The Balaban J connectivity index is 2.40. The highest BCUT2D eigenvalue weighted by Gasteiger charge is 2.08. The van der Waals surface area contributed by atoms with E-state index in [1.165, 1.54) is 5.56 Å². The quantitative estimate of drug-likeness (QED) is 0.803. The van der Waals surface area contributed by atoms with Crippen molar-refractivity contribution >= 4 is 11.6 Å². The van der Waals surface area contributed by atoms with Gasteiger partial charge in [-0.2, -0.15) is 0 Å². The Bertz CT molecular complexity index is 324. The zero-order valence-corrected chi connectivity index (χ0v) is 11.8. The Hall–Kier alpha value is -0.570. The van der Waals surface area contributed by atoms with Crippen molar-refractivity contribution in [2.45, 2.75) is 26.8 Å². The van der Waals surface area contributed by atoms with Crippen molar-refractivity contribution in [3.8, 4) is 0 Å². The molecule has 0 heterocycles. The summed E-state index contributed by atoms with van der Waals surface area (Å²) in [7, 11) is 0. The topological polar surface area (TPSA) is 15.3 Å². The summed E-state index contributed by atoms with van der Waals surface area (Å²) in [5.41, 5.74) is 1.17. The highest BCUT2D eigenvalue weighted by molar-refractivity contribution is 6.31. The van der Waals surface area contributed by atoms with Crippen molar-refractivity contribution in [2.75, 3.05) is 26.2 Å². The molecule has 0 saturated heterocycles. The first-order valence-electron chi connectivity index (χ1n) is 6.39. The second-order valence-corrected chi connectivity index (χ2v) is 4.63. The zero-order chi connectivity index (χ0) is 12.7. The third kappa shape index (κ3) is 4.66. The fraction of sp³-hybridized carbons (Fsp3) is 0.571. The Labute approximate surface area is 110 Å². The van der Waals surface area contributed by atoms with Crippen LogP contribution in [0, 0.1) is 0 Å². The van der Waals surface area contributed by atoms with Crippen molar-refractivity contribution < 1.29 is 0 Å². The van der Waals surface area contributed by atoms with E-state index in [1.807, 2.05) is 18.2 Å². The van der Waals surface area contributed by atoms with E-state index in [0.29, 0.717) is 6.04 Å². The van der Waals surface area contributed by atoms with Crippen LogP contribution < -0.4 is 5.32 Å². The van der Waals surface area contributed by atoms with Crippen molar-refractivity contribution in [2.24, 2.45) is 0 Å². The van der Waals surface area contributed by atoms with E-state index in [2.05, 4.69) is 37.1 Å². The van der Waals surface area contributed by atoms with E-state index in [4.69, 9.17) is 11.6 Å². The van der Waals surface area contributed by atoms with E-state index < -0.39 is 0 Å². The third-order valence-corrected chi connectivity index (χ3v) is 3.49. The van der Waals surface area contributed by atoms with Crippen LogP contribution in [0.1, 0.15) is 32.4 Å². The van der Waals surface area contributed by atoms with Gasteiger partial charge >= 0.3 is 0 Å². The summed E-state index contributed by atoms with van der Waals surface area (Å²) in [6.45, 7) is 10.8. The van der Waals surface area contributed by atoms with Gasteiger partial charge in [-0.25, -0.2) is 0 Å². The van der Waals surface area contributed by atoms with Gasteiger partial charge in [-0.15, -0.1) is 0 Å². The minimum absolute atomic E-state index is 0.305. The monoisotopic (exact) mass is 254 g/mol. The van der Waals surface area contributed by atoms with E-state index in [-0.39, 0.29) is 0 Å². The van der Waals surface area contributed by atoms with Gasteiger partial charge in [0.1, 0.15) is 0 Å². The number of halogens is 1. The number of likely N-dealkylation sites (N-methyl/N-ethyl adjacent to an activating group) is 1. The van der Waals surface area contributed by atoms with Crippen LogP contribution in [0.2, 0.25) is 5.02 Å². The Morgan fingerprint density at radius 2 is 1.88 bits per heavy atom. The number of nitrogens with one attached hydrogen (secondary N) is 1. The number of hydrogen-bond acceptors (Lipinski definition) is 2. The molecule has 1 N–H and O–H groups in total. The molecule has 1 aromatic carbocycles. The molecule has 0 bridgehead atoms. The minimum Gasteiger partial charge on any atom is -0.309 e. The van der Waals surface area contributed by atoms with Crippen LogP contribution in [-0.4, -0.2) is 31.1 Å². The minimum atomic E-state index is 0.305. The molecule has 0 spiro atoms. The molecule has 0 aliphatic carbocycles. The first-order valence-corrected chi connectivity index (χ1v) is 6.77. The molecule has 0 amide bonds. The number of benzene rings is 1. The highest BCUT2D eigenvalue weighted by Crippen LogP contribution is 2.21. The number of rotatable bonds is 7. The molecule has 1 rings (SSSR count). The summed E-state index contributed by atoms with van der Waals surface area (Å²) in [5, 5.41) is 4.36. The molecule has 0 aliphatic rings. The largest absolute Gasteiger partial charge is 0.309 e. The molecule has 0 fully saturated rings. The Morgan fingerprint density at radius 1 is 1.24 bits per heavy atom. The van der Waals surface area contributed by atoms with Gasteiger partial charge in [-0.05, 0) is 31.6 Å². The fourth-order valence-corrected chi connectivity index (χ4v) is 2.21. The molecule has 0 saturated carbocycles. The fourth-order valence-electron chi connectivity index (χ4n) is 1.92. The lowest BCUT2D eigenvalue weighted by Crippen LogP contribution is -2.33. The van der Waals surface area contributed by atoms with Crippen LogP contribution >= 0.6 is 11.6 Å². The molecule has 3 heteroatoms. The van der Waals surface area contributed by atoms with Gasteiger partial charge in [0.05, 0.1) is 0 Å². The standard InChI is InChI=1S/C14H23ClN2/c1-4-17(5-2)11-10-16-12(3)13-8-6-7-9-14(13)15/h6-9,12,16H,4-5,10-11H2,1-3H3. The maximum Gasteiger partial charge on any atom is 0.0453 e. The van der Waals surface area contributed by atoms with Crippen LogP contribution in [-0.2, 0) is 0 Å². The molecular formula is C14H23ClN2.